The fourth-order valence-electron chi connectivity index (χ4n) is 0. The maximum atomic E-state index is 8.40. The van der Waals surface area contributed by atoms with Gasteiger partial charge < -0.3 is 42.3 Å². The van der Waals surface area contributed by atoms with Crippen molar-refractivity contribution in [2.24, 2.45) is 21.7 Å². The van der Waals surface area contributed by atoms with Gasteiger partial charge >= 0.3 is 0 Å². The predicted octanol–water partition coefficient (Wildman–Crippen LogP) is -1.48. The molecule has 0 aromatic heterocycles. The van der Waals surface area contributed by atoms with Gasteiger partial charge in [0.05, 0.1) is 0 Å². The van der Waals surface area contributed by atoms with Gasteiger partial charge in [-0.1, -0.05) is 83.1 Å². The van der Waals surface area contributed by atoms with Gasteiger partial charge in [-0.15, -0.1) is 0 Å². The van der Waals surface area contributed by atoms with Gasteiger partial charge in [0.2, 0.25) is 0 Å². The van der Waals surface area contributed by atoms with E-state index in [1.807, 2.05) is 83.1 Å². The molecule has 0 saturated heterocycles. The molecule has 0 rings (SSSR count). The van der Waals surface area contributed by atoms with Crippen molar-refractivity contribution in [2.75, 3.05) is 26.4 Å². The largest absolute Gasteiger partial charge is 0.412 e. The van der Waals surface area contributed by atoms with E-state index in [0.29, 0.717) is 0 Å². The zero-order chi connectivity index (χ0) is 20.8. The summed E-state index contributed by atoms with van der Waals surface area (Å²) in [5, 5.41) is 33.6. The van der Waals surface area contributed by atoms with E-state index < -0.39 is 0 Å². The summed E-state index contributed by atoms with van der Waals surface area (Å²) >= 11 is 0. The van der Waals surface area contributed by atoms with E-state index in [9.17, 15) is 0 Å². The molecule has 8 nitrogen and oxygen atoms in total. The molecule has 14 heteroatoms. The number of aliphatic hydroxyl groups is 4. The first-order valence-electron chi connectivity index (χ1n) is 8.68. The van der Waals surface area contributed by atoms with Crippen LogP contribution in [0.15, 0.2) is 0 Å². The Balaban J connectivity index is -0.0000000119. The summed E-state index contributed by atoms with van der Waals surface area (Å²) < 4.78 is 0. The minimum Gasteiger partial charge on any atom is -0.412 e. The molecule has 0 aromatic rings. The van der Waals surface area contributed by atoms with E-state index in [-0.39, 0.29) is 213 Å². The number of hydrogen-bond donors (Lipinski definition) is 4. The Labute approximate surface area is 312 Å². The van der Waals surface area contributed by atoms with Gasteiger partial charge in [-0.2, -0.15) is 0 Å². The fraction of sp³-hybridized carbons (Fsp3) is 1.00. The average Bonchev–Trinajstić information content (AvgIpc) is 2.37. The van der Waals surface area contributed by atoms with Gasteiger partial charge in [-0.05, 0) is 21.7 Å². The molecule has 0 aliphatic heterocycles. The van der Waals surface area contributed by atoms with Crippen LogP contribution in [0.1, 0.15) is 83.1 Å². The summed E-state index contributed by atoms with van der Waals surface area (Å²) in [6, 6.07) is 0. The van der Waals surface area contributed by atoms with Gasteiger partial charge in [0.1, 0.15) is 0 Å². The molecule has 0 fully saturated rings. The standard InChI is InChI=1S/4C5H12O.4H2O.6Sn/c4*1-5(2,3)4-6;;;;;;;;;;/h4*6H,4H2,1-3H3;4*1H2;;;;;;. The summed E-state index contributed by atoms with van der Waals surface area (Å²) in [7, 11) is 0. The van der Waals surface area contributed by atoms with E-state index >= 15 is 0 Å². The second-order valence-corrected chi connectivity index (χ2v) is 10.9. The predicted molar refractivity (Wildman–Crippen MR) is 155 cm³/mol. The molecule has 0 unspecified atom stereocenters. The third-order valence-electron chi connectivity index (χ3n) is 1.90. The quantitative estimate of drug-likeness (QED) is 0.214. The summed E-state index contributed by atoms with van der Waals surface area (Å²) in [4.78, 5) is 0. The molecule has 0 atom stereocenters. The Kier molecular flexibility index (Phi) is 125. The Hall–Kier alpha value is 4.47. The molecule has 0 aliphatic rings. The molecule has 0 heterocycles. The minimum absolute atomic E-state index is 0. The molecule has 24 radical (unpaired) electrons. The van der Waals surface area contributed by atoms with Crippen LogP contribution >= 0.6 is 0 Å². The van der Waals surface area contributed by atoms with Crippen LogP contribution in [0.2, 0.25) is 0 Å². The van der Waals surface area contributed by atoms with Gasteiger partial charge in [0, 0.05) is 170 Å². The van der Waals surface area contributed by atoms with E-state index in [0.717, 1.165) is 0 Å². The topological polar surface area (TPSA) is 207 Å². The summed E-state index contributed by atoms with van der Waals surface area (Å²) in [5.74, 6) is 0. The van der Waals surface area contributed by atoms with E-state index in [1.54, 1.807) is 0 Å². The summed E-state index contributed by atoms with van der Waals surface area (Å²) in [5.41, 5.74) is 0.389. The zero-order valence-electron chi connectivity index (χ0n) is 23.6. The molecule has 0 spiro atoms. The monoisotopic (exact) mass is 1140 g/mol. The van der Waals surface area contributed by atoms with Crippen LogP contribution in [-0.4, -0.2) is 212 Å². The van der Waals surface area contributed by atoms with Crippen LogP contribution in [0.4, 0.5) is 0 Å². The molecular formula is C20H56O8Sn6. The number of aliphatic hydroxyl groups excluding tert-OH is 4. The maximum Gasteiger partial charge on any atom is 0.0479 e. The SMILES string of the molecule is CC(C)(C)CO.CC(C)(C)CO.CC(C)(C)CO.CC(C)(C)CO.O.O.O.O.[Sn].[Sn].[Sn].[Sn].[Sn].[Sn]. The third-order valence-corrected chi connectivity index (χ3v) is 1.90. The van der Waals surface area contributed by atoms with E-state index in [1.165, 1.54) is 0 Å². The molecule has 0 amide bonds. The Bertz CT molecular complexity index is 222. The van der Waals surface area contributed by atoms with Crippen molar-refractivity contribution in [3.63, 3.8) is 0 Å². The van der Waals surface area contributed by atoms with Crippen molar-refractivity contribution in [1.82, 2.24) is 0 Å². The van der Waals surface area contributed by atoms with Crippen LogP contribution in [0.3, 0.4) is 0 Å². The second-order valence-electron chi connectivity index (χ2n) is 10.9. The van der Waals surface area contributed by atoms with Crippen LogP contribution in [0.5, 0.6) is 0 Å². The van der Waals surface area contributed by atoms with Crippen molar-refractivity contribution in [3.8, 4) is 0 Å². The Morgan fingerprint density at radius 2 is 0.324 bits per heavy atom. The van der Waals surface area contributed by atoms with Crippen molar-refractivity contribution in [1.29, 1.82) is 0 Å². The molecule has 0 aromatic carbocycles. The summed E-state index contributed by atoms with van der Waals surface area (Å²) in [6.07, 6.45) is 0. The second kappa shape index (κ2) is 47.3. The van der Waals surface area contributed by atoms with Gasteiger partial charge in [-0.3, -0.25) is 0 Å². The molecule has 0 aliphatic carbocycles. The first-order chi connectivity index (χ1) is 10.2. The van der Waals surface area contributed by atoms with Crippen LogP contribution in [0.25, 0.3) is 0 Å². The first-order valence-corrected chi connectivity index (χ1v) is 8.68. The van der Waals surface area contributed by atoms with Crippen molar-refractivity contribution in [2.45, 2.75) is 83.1 Å². The van der Waals surface area contributed by atoms with Crippen molar-refractivity contribution < 1.29 is 42.3 Å². The van der Waals surface area contributed by atoms with E-state index in [2.05, 4.69) is 0 Å². The molecule has 34 heavy (non-hydrogen) atoms. The minimum atomic E-state index is 0. The van der Waals surface area contributed by atoms with Crippen molar-refractivity contribution >= 4 is 143 Å². The van der Waals surface area contributed by atoms with Crippen molar-refractivity contribution in [3.05, 3.63) is 0 Å². The van der Waals surface area contributed by atoms with Gasteiger partial charge in [-0.25, -0.2) is 0 Å². The first kappa shape index (κ1) is 90.2. The maximum absolute atomic E-state index is 8.40. The summed E-state index contributed by atoms with van der Waals surface area (Å²) in [6.45, 7) is 25.0. The Morgan fingerprint density at radius 1 is 0.294 bits per heavy atom. The fourth-order valence-corrected chi connectivity index (χ4v) is 0. The normalized spacial score (nSPS) is 8.47. The average molecular weight is 1140 g/mol. The van der Waals surface area contributed by atoms with Gasteiger partial charge in [0.15, 0.2) is 0 Å². The Morgan fingerprint density at radius 3 is 0.324 bits per heavy atom. The smallest absolute Gasteiger partial charge is 0.0479 e. The van der Waals surface area contributed by atoms with Gasteiger partial charge in [0.25, 0.3) is 0 Å². The molecule has 12 N–H and O–H groups in total. The molecule has 208 valence electrons. The molecule has 0 bridgehead atoms. The molecular weight excluding hydrogens is 1080 g/mol. The van der Waals surface area contributed by atoms with Crippen LogP contribution in [0, 0.1) is 21.7 Å². The number of rotatable bonds is 0. The van der Waals surface area contributed by atoms with Crippen LogP contribution < -0.4 is 0 Å². The number of hydrogen-bond acceptors (Lipinski definition) is 4. The van der Waals surface area contributed by atoms with E-state index in [4.69, 9.17) is 20.4 Å². The van der Waals surface area contributed by atoms with Crippen LogP contribution in [-0.2, 0) is 0 Å². The third kappa shape index (κ3) is 169. The zero-order valence-corrected chi connectivity index (χ0v) is 40.7. The molecule has 0 saturated carbocycles.